The van der Waals surface area contributed by atoms with Gasteiger partial charge in [-0.3, -0.25) is 4.79 Å². The normalized spacial score (nSPS) is 10.8. The lowest BCUT2D eigenvalue weighted by molar-refractivity contribution is 0.1000. The zero-order valence-corrected chi connectivity index (χ0v) is 14.8. The zero-order chi connectivity index (χ0) is 18.1. The molecule has 0 radical (unpaired) electrons. The molecule has 0 aliphatic carbocycles. The molecule has 128 valence electrons. The van der Waals surface area contributed by atoms with Crippen LogP contribution in [0.1, 0.15) is 27.3 Å². The van der Waals surface area contributed by atoms with E-state index >= 15 is 0 Å². The van der Waals surface area contributed by atoms with Gasteiger partial charge in [-0.15, -0.1) is 0 Å². The first kappa shape index (κ1) is 17.1. The van der Waals surface area contributed by atoms with Gasteiger partial charge in [0, 0.05) is 28.5 Å². The number of primary amides is 1. The van der Waals surface area contributed by atoms with Gasteiger partial charge in [-0.2, -0.15) is 0 Å². The van der Waals surface area contributed by atoms with Crippen molar-refractivity contribution in [1.82, 2.24) is 4.57 Å². The summed E-state index contributed by atoms with van der Waals surface area (Å²) in [5.74, 6) is -0.337. The van der Waals surface area contributed by atoms with Crippen molar-refractivity contribution in [2.24, 2.45) is 5.73 Å². The lowest BCUT2D eigenvalue weighted by atomic mass is 10.00. The van der Waals surface area contributed by atoms with Gasteiger partial charge in [-0.1, -0.05) is 35.9 Å². The van der Waals surface area contributed by atoms with Gasteiger partial charge in [0.1, 0.15) is 5.75 Å². The highest BCUT2D eigenvalue weighted by Gasteiger charge is 2.22. The summed E-state index contributed by atoms with van der Waals surface area (Å²) in [7, 11) is 0. The van der Waals surface area contributed by atoms with Crippen LogP contribution >= 0.6 is 11.6 Å². The van der Waals surface area contributed by atoms with E-state index in [-0.39, 0.29) is 5.75 Å². The van der Waals surface area contributed by atoms with Crippen molar-refractivity contribution in [3.63, 3.8) is 0 Å². The van der Waals surface area contributed by atoms with Crippen molar-refractivity contribution >= 4 is 17.5 Å². The second-order valence-corrected chi connectivity index (χ2v) is 6.49. The molecule has 0 aliphatic rings. The summed E-state index contributed by atoms with van der Waals surface area (Å²) in [4.78, 5) is 12.1. The van der Waals surface area contributed by atoms with Crippen LogP contribution in [-0.4, -0.2) is 15.6 Å². The third-order valence-corrected chi connectivity index (χ3v) is 4.63. The first-order valence-corrected chi connectivity index (χ1v) is 8.29. The minimum absolute atomic E-state index is 0.146. The molecule has 0 atom stereocenters. The summed E-state index contributed by atoms with van der Waals surface area (Å²) in [6.07, 6.45) is 0. The maximum Gasteiger partial charge on any atom is 0.251 e. The Bertz CT molecular complexity index is 960. The van der Waals surface area contributed by atoms with E-state index in [1.165, 1.54) is 0 Å². The Morgan fingerprint density at radius 2 is 1.84 bits per heavy atom. The van der Waals surface area contributed by atoms with Crippen LogP contribution in [0.25, 0.3) is 11.1 Å². The van der Waals surface area contributed by atoms with Crippen molar-refractivity contribution in [2.75, 3.05) is 0 Å². The fourth-order valence-electron chi connectivity index (χ4n) is 3.25. The van der Waals surface area contributed by atoms with Crippen molar-refractivity contribution in [1.29, 1.82) is 0 Å². The number of phenols is 1. The fraction of sp³-hybridized carbons (Fsp3) is 0.150. The molecule has 0 saturated heterocycles. The van der Waals surface area contributed by atoms with E-state index in [1.54, 1.807) is 18.2 Å². The molecule has 0 fully saturated rings. The van der Waals surface area contributed by atoms with Crippen LogP contribution < -0.4 is 5.73 Å². The maximum atomic E-state index is 12.1. The van der Waals surface area contributed by atoms with Gasteiger partial charge in [0.2, 0.25) is 0 Å². The summed E-state index contributed by atoms with van der Waals surface area (Å²) in [5, 5.41) is 10.5. The predicted octanol–water partition coefficient (Wildman–Crippen LogP) is 4.28. The third kappa shape index (κ3) is 3.26. The van der Waals surface area contributed by atoms with Gasteiger partial charge in [-0.05, 0) is 49.2 Å². The van der Waals surface area contributed by atoms with Gasteiger partial charge >= 0.3 is 0 Å². The van der Waals surface area contributed by atoms with Gasteiger partial charge in [0.15, 0.2) is 0 Å². The summed E-state index contributed by atoms with van der Waals surface area (Å²) < 4.78 is 2.05. The van der Waals surface area contributed by atoms with Crippen LogP contribution in [0, 0.1) is 13.8 Å². The van der Waals surface area contributed by atoms with E-state index in [0.29, 0.717) is 17.1 Å². The largest absolute Gasteiger partial charge is 0.508 e. The molecule has 4 nitrogen and oxygen atoms in total. The Labute approximate surface area is 151 Å². The maximum absolute atomic E-state index is 12.1. The minimum Gasteiger partial charge on any atom is -0.508 e. The second kappa shape index (κ2) is 6.65. The van der Waals surface area contributed by atoms with Gasteiger partial charge in [-0.25, -0.2) is 0 Å². The first-order chi connectivity index (χ1) is 11.9. The Balaban J connectivity index is 2.18. The molecule has 3 N–H and O–H groups in total. The quantitative estimate of drug-likeness (QED) is 0.734. The van der Waals surface area contributed by atoms with E-state index < -0.39 is 5.91 Å². The standard InChI is InChI=1S/C20H19ClN2O2/c1-12-18(15-6-4-8-17(24)10-15)19(20(22)25)13(2)23(12)11-14-5-3-7-16(21)9-14/h3-10,24H,11H2,1-2H3,(H2,22,25). The van der Waals surface area contributed by atoms with Crippen LogP contribution in [0.2, 0.25) is 5.02 Å². The Morgan fingerprint density at radius 1 is 1.12 bits per heavy atom. The van der Waals surface area contributed by atoms with Crippen LogP contribution in [0.5, 0.6) is 5.75 Å². The number of aromatic nitrogens is 1. The summed E-state index contributed by atoms with van der Waals surface area (Å²) in [6.45, 7) is 4.41. The van der Waals surface area contributed by atoms with E-state index in [2.05, 4.69) is 0 Å². The Morgan fingerprint density at radius 3 is 2.48 bits per heavy atom. The summed E-state index contributed by atoms with van der Waals surface area (Å²) >= 11 is 6.08. The first-order valence-electron chi connectivity index (χ1n) is 7.92. The molecule has 1 amide bonds. The Kier molecular flexibility index (Phi) is 4.55. The zero-order valence-electron chi connectivity index (χ0n) is 14.1. The summed E-state index contributed by atoms with van der Waals surface area (Å²) in [5.41, 5.74) is 10.4. The molecule has 5 heteroatoms. The minimum atomic E-state index is -0.483. The van der Waals surface area contributed by atoms with Crippen LogP contribution in [-0.2, 0) is 6.54 Å². The number of halogens is 1. The second-order valence-electron chi connectivity index (χ2n) is 6.05. The number of phenolic OH excluding ortho intramolecular Hbond substituents is 1. The number of hydrogen-bond acceptors (Lipinski definition) is 2. The van der Waals surface area contributed by atoms with Crippen LogP contribution in [0.4, 0.5) is 0 Å². The number of carbonyl (C=O) groups excluding carboxylic acids is 1. The van der Waals surface area contributed by atoms with Crippen molar-refractivity contribution < 1.29 is 9.90 Å². The highest BCUT2D eigenvalue weighted by Crippen LogP contribution is 2.34. The van der Waals surface area contributed by atoms with Gasteiger partial charge < -0.3 is 15.4 Å². The molecule has 3 aromatic rings. The lowest BCUT2D eigenvalue weighted by Crippen LogP contribution is -2.13. The Hall–Kier alpha value is -2.72. The SMILES string of the molecule is Cc1c(C(N)=O)c(-c2cccc(O)c2)c(C)n1Cc1cccc(Cl)c1. The molecule has 25 heavy (non-hydrogen) atoms. The average molecular weight is 355 g/mol. The monoisotopic (exact) mass is 354 g/mol. The molecule has 3 rings (SSSR count). The molecule has 1 heterocycles. The topological polar surface area (TPSA) is 68.2 Å². The van der Waals surface area contributed by atoms with Crippen molar-refractivity contribution in [3.8, 4) is 16.9 Å². The molecular weight excluding hydrogens is 336 g/mol. The molecule has 1 aromatic heterocycles. The van der Waals surface area contributed by atoms with E-state index in [4.69, 9.17) is 17.3 Å². The number of benzene rings is 2. The molecule has 0 unspecified atom stereocenters. The molecule has 0 spiro atoms. The van der Waals surface area contributed by atoms with E-state index in [9.17, 15) is 9.90 Å². The molecule has 0 bridgehead atoms. The average Bonchev–Trinajstić information content (AvgIpc) is 2.79. The van der Waals surface area contributed by atoms with E-state index in [0.717, 1.165) is 28.1 Å². The number of aromatic hydroxyl groups is 1. The highest BCUT2D eigenvalue weighted by atomic mass is 35.5. The fourth-order valence-corrected chi connectivity index (χ4v) is 3.47. The predicted molar refractivity (Wildman–Crippen MR) is 100 cm³/mol. The van der Waals surface area contributed by atoms with Crippen LogP contribution in [0.3, 0.4) is 0 Å². The number of carbonyl (C=O) groups is 1. The smallest absolute Gasteiger partial charge is 0.251 e. The van der Waals surface area contributed by atoms with Crippen molar-refractivity contribution in [3.05, 3.63) is 76.1 Å². The highest BCUT2D eigenvalue weighted by molar-refractivity contribution is 6.30. The lowest BCUT2D eigenvalue weighted by Gasteiger charge is -2.10. The number of nitrogens with zero attached hydrogens (tertiary/aromatic N) is 1. The molecular formula is C20H19ClN2O2. The number of hydrogen-bond donors (Lipinski definition) is 2. The van der Waals surface area contributed by atoms with Crippen molar-refractivity contribution in [2.45, 2.75) is 20.4 Å². The number of amides is 1. The third-order valence-electron chi connectivity index (χ3n) is 4.39. The molecule has 2 aromatic carbocycles. The molecule has 0 saturated carbocycles. The number of nitrogens with two attached hydrogens (primary N) is 1. The summed E-state index contributed by atoms with van der Waals surface area (Å²) in [6, 6.07) is 14.5. The van der Waals surface area contributed by atoms with Gasteiger partial charge in [0.25, 0.3) is 5.91 Å². The molecule has 0 aliphatic heterocycles. The van der Waals surface area contributed by atoms with E-state index in [1.807, 2.05) is 48.7 Å². The van der Waals surface area contributed by atoms with Crippen LogP contribution in [0.15, 0.2) is 48.5 Å². The van der Waals surface area contributed by atoms with Gasteiger partial charge in [0.05, 0.1) is 5.56 Å². The number of rotatable bonds is 4.